The van der Waals surface area contributed by atoms with E-state index in [-0.39, 0.29) is 23.7 Å². The zero-order valence-electron chi connectivity index (χ0n) is 14.8. The summed E-state index contributed by atoms with van der Waals surface area (Å²) in [5, 5.41) is 0. The van der Waals surface area contributed by atoms with Crippen LogP contribution in [0.15, 0.2) is 29.1 Å². The molecule has 26 heavy (non-hydrogen) atoms. The highest BCUT2D eigenvalue weighted by Crippen LogP contribution is 2.37. The summed E-state index contributed by atoms with van der Waals surface area (Å²) in [6.07, 6.45) is 0.711. The van der Waals surface area contributed by atoms with Gasteiger partial charge < -0.3 is 19.2 Å². The molecule has 0 fully saturated rings. The van der Waals surface area contributed by atoms with Gasteiger partial charge in [0, 0.05) is 29.7 Å². The molecule has 1 aliphatic carbocycles. The lowest BCUT2D eigenvalue weighted by molar-refractivity contribution is 0.0598. The average molecular weight is 357 g/mol. The summed E-state index contributed by atoms with van der Waals surface area (Å²) in [4.78, 5) is 39.1. The Morgan fingerprint density at radius 3 is 2.50 bits per heavy atom. The van der Waals surface area contributed by atoms with Crippen molar-refractivity contribution < 1.29 is 23.8 Å². The molecular weight excluding hydrogens is 338 g/mol. The minimum Gasteiger partial charge on any atom is -0.497 e. The van der Waals surface area contributed by atoms with E-state index in [1.165, 1.54) is 13.2 Å². The molecule has 136 valence electrons. The van der Waals surface area contributed by atoms with Gasteiger partial charge in [-0.2, -0.15) is 0 Å². The van der Waals surface area contributed by atoms with Crippen molar-refractivity contribution in [1.82, 2.24) is 4.98 Å². The van der Waals surface area contributed by atoms with Crippen molar-refractivity contribution in [1.29, 1.82) is 0 Å². The van der Waals surface area contributed by atoms with E-state index in [9.17, 15) is 14.4 Å². The van der Waals surface area contributed by atoms with Crippen molar-refractivity contribution in [3.63, 3.8) is 0 Å². The number of hydrogen-bond acceptors (Lipinski definition) is 6. The Hall–Kier alpha value is -3.09. The zero-order valence-corrected chi connectivity index (χ0v) is 14.8. The standard InChI is InChI=1S/C19H19NO6/c1-24-11-4-5-12(17(8-11)25-2)10-6-15-13(16(21)7-10)9-14(18(22)20-15)19(23)26-3/h4-5,8-10H,6-7H2,1-3H3,(H,20,22). The summed E-state index contributed by atoms with van der Waals surface area (Å²) in [6.45, 7) is 0. The zero-order chi connectivity index (χ0) is 18.8. The summed E-state index contributed by atoms with van der Waals surface area (Å²) in [5.74, 6) is 0.232. The van der Waals surface area contributed by atoms with Crippen LogP contribution < -0.4 is 15.0 Å². The van der Waals surface area contributed by atoms with E-state index < -0.39 is 11.5 Å². The smallest absolute Gasteiger partial charge is 0.343 e. The van der Waals surface area contributed by atoms with Gasteiger partial charge in [-0.3, -0.25) is 9.59 Å². The molecule has 1 N–H and O–H groups in total. The number of rotatable bonds is 4. The van der Waals surface area contributed by atoms with Crippen LogP contribution in [0.4, 0.5) is 0 Å². The molecule has 1 unspecified atom stereocenters. The Balaban J connectivity index is 2.01. The van der Waals surface area contributed by atoms with Crippen LogP contribution in [0.3, 0.4) is 0 Å². The number of Topliss-reactive ketones (excluding diaryl/α,β-unsaturated/α-hetero) is 1. The highest BCUT2D eigenvalue weighted by Gasteiger charge is 2.30. The van der Waals surface area contributed by atoms with Gasteiger partial charge in [0.1, 0.15) is 17.1 Å². The van der Waals surface area contributed by atoms with Crippen LogP contribution in [-0.4, -0.2) is 38.1 Å². The predicted molar refractivity (Wildman–Crippen MR) is 93.3 cm³/mol. The van der Waals surface area contributed by atoms with E-state index >= 15 is 0 Å². The first kappa shape index (κ1) is 17.7. The molecule has 1 aromatic carbocycles. The molecule has 1 aliphatic rings. The summed E-state index contributed by atoms with van der Waals surface area (Å²) in [5.41, 5.74) is 1.01. The molecule has 7 nitrogen and oxygen atoms in total. The minimum atomic E-state index is -0.763. The number of carbonyl (C=O) groups excluding carboxylic acids is 2. The normalized spacial score (nSPS) is 16.0. The van der Waals surface area contributed by atoms with Crippen LogP contribution in [0, 0.1) is 0 Å². The molecule has 7 heteroatoms. The van der Waals surface area contributed by atoms with E-state index in [2.05, 4.69) is 9.72 Å². The van der Waals surface area contributed by atoms with E-state index in [4.69, 9.17) is 9.47 Å². The third-order valence-electron chi connectivity index (χ3n) is 4.59. The van der Waals surface area contributed by atoms with Crippen molar-refractivity contribution in [3.8, 4) is 11.5 Å². The van der Waals surface area contributed by atoms with E-state index in [1.54, 1.807) is 26.4 Å². The lowest BCUT2D eigenvalue weighted by Crippen LogP contribution is -2.27. The fraction of sp³-hybridized carbons (Fsp3) is 0.316. The van der Waals surface area contributed by atoms with Crippen molar-refractivity contribution in [2.24, 2.45) is 0 Å². The van der Waals surface area contributed by atoms with Crippen LogP contribution in [-0.2, 0) is 11.2 Å². The molecule has 1 heterocycles. The Morgan fingerprint density at radius 2 is 1.85 bits per heavy atom. The lowest BCUT2D eigenvalue weighted by Gasteiger charge is -2.25. The number of nitrogens with one attached hydrogen (secondary N) is 1. The second kappa shape index (κ2) is 7.03. The first-order valence-corrected chi connectivity index (χ1v) is 8.08. The Kier molecular flexibility index (Phi) is 4.79. The molecule has 2 aromatic rings. The number of aromatic nitrogens is 1. The summed E-state index contributed by atoms with van der Waals surface area (Å²) in [6, 6.07) is 6.75. The second-order valence-corrected chi connectivity index (χ2v) is 6.03. The van der Waals surface area contributed by atoms with E-state index in [0.29, 0.717) is 29.2 Å². The maximum atomic E-state index is 12.6. The van der Waals surface area contributed by atoms with Gasteiger partial charge in [0.2, 0.25) is 0 Å². The van der Waals surface area contributed by atoms with Crippen LogP contribution in [0.5, 0.6) is 11.5 Å². The van der Waals surface area contributed by atoms with Gasteiger partial charge in [-0.05, 0) is 24.1 Å². The predicted octanol–water partition coefficient (Wildman–Crippen LogP) is 2.09. The summed E-state index contributed by atoms with van der Waals surface area (Å²) < 4.78 is 15.2. The number of aromatic amines is 1. The van der Waals surface area contributed by atoms with Crippen LogP contribution in [0.2, 0.25) is 0 Å². The molecule has 0 saturated heterocycles. The van der Waals surface area contributed by atoms with Crippen LogP contribution in [0.25, 0.3) is 0 Å². The fourth-order valence-corrected chi connectivity index (χ4v) is 3.27. The van der Waals surface area contributed by atoms with Crippen LogP contribution >= 0.6 is 0 Å². The van der Waals surface area contributed by atoms with Gasteiger partial charge in [-0.25, -0.2) is 4.79 Å². The van der Waals surface area contributed by atoms with E-state index in [0.717, 1.165) is 5.56 Å². The summed E-state index contributed by atoms with van der Waals surface area (Å²) >= 11 is 0. The quantitative estimate of drug-likeness (QED) is 0.842. The van der Waals surface area contributed by atoms with Gasteiger partial charge in [-0.1, -0.05) is 6.07 Å². The molecule has 0 spiro atoms. The van der Waals surface area contributed by atoms with Gasteiger partial charge in [0.25, 0.3) is 5.56 Å². The number of hydrogen-bond donors (Lipinski definition) is 1. The number of ketones is 1. The maximum absolute atomic E-state index is 12.6. The molecular formula is C19H19NO6. The molecule has 0 amide bonds. The molecule has 0 saturated carbocycles. The average Bonchev–Trinajstić information content (AvgIpc) is 2.66. The number of fused-ring (bicyclic) bond motifs is 1. The van der Waals surface area contributed by atoms with Gasteiger partial charge >= 0.3 is 5.97 Å². The van der Waals surface area contributed by atoms with Gasteiger partial charge in [0.05, 0.1) is 21.3 Å². The number of pyridine rings is 1. The largest absolute Gasteiger partial charge is 0.497 e. The first-order chi connectivity index (χ1) is 12.5. The highest BCUT2D eigenvalue weighted by atomic mass is 16.5. The lowest BCUT2D eigenvalue weighted by atomic mass is 9.81. The number of methoxy groups -OCH3 is 3. The van der Waals surface area contributed by atoms with Crippen molar-refractivity contribution in [2.45, 2.75) is 18.8 Å². The number of ether oxygens (including phenoxy) is 3. The van der Waals surface area contributed by atoms with E-state index in [1.807, 2.05) is 6.07 Å². The topological polar surface area (TPSA) is 94.7 Å². The third kappa shape index (κ3) is 3.08. The van der Waals surface area contributed by atoms with Crippen molar-refractivity contribution in [3.05, 3.63) is 57.0 Å². The fourth-order valence-electron chi connectivity index (χ4n) is 3.27. The number of carbonyl (C=O) groups is 2. The highest BCUT2D eigenvalue weighted by molar-refractivity contribution is 6.01. The maximum Gasteiger partial charge on any atom is 0.343 e. The SMILES string of the molecule is COC(=O)c1cc2c([nH]c1=O)CC(c1ccc(OC)cc1OC)CC2=O. The monoisotopic (exact) mass is 357 g/mol. The summed E-state index contributed by atoms with van der Waals surface area (Å²) in [7, 11) is 4.31. The minimum absolute atomic E-state index is 0.143. The second-order valence-electron chi connectivity index (χ2n) is 6.03. The van der Waals surface area contributed by atoms with Gasteiger partial charge in [-0.15, -0.1) is 0 Å². The first-order valence-electron chi connectivity index (χ1n) is 8.08. The van der Waals surface area contributed by atoms with Gasteiger partial charge in [0.15, 0.2) is 5.78 Å². The molecule has 3 rings (SSSR count). The molecule has 0 aliphatic heterocycles. The van der Waals surface area contributed by atoms with Crippen molar-refractivity contribution in [2.75, 3.05) is 21.3 Å². The molecule has 1 atom stereocenters. The Morgan fingerprint density at radius 1 is 1.08 bits per heavy atom. The number of esters is 1. The molecule has 0 radical (unpaired) electrons. The Bertz CT molecular complexity index is 930. The number of H-pyrrole nitrogens is 1. The number of benzene rings is 1. The molecule has 1 aromatic heterocycles. The molecule has 0 bridgehead atoms. The van der Waals surface area contributed by atoms with Crippen molar-refractivity contribution >= 4 is 11.8 Å². The Labute approximate surface area is 149 Å². The third-order valence-corrected chi connectivity index (χ3v) is 4.59. The van der Waals surface area contributed by atoms with Crippen LogP contribution in [0.1, 0.15) is 44.3 Å².